The fraction of sp³-hybridized carbons (Fsp3) is 0.829. The Balaban J connectivity index is 2.38. The molecule has 0 saturated carbocycles. The van der Waals surface area contributed by atoms with E-state index in [4.69, 9.17) is 9.47 Å². The van der Waals surface area contributed by atoms with Crippen molar-refractivity contribution >= 4 is 5.91 Å². The van der Waals surface area contributed by atoms with E-state index in [1.165, 1.54) is 83.5 Å². The predicted molar refractivity (Wildman–Crippen MR) is 203 cm³/mol. The number of carbonyl (C=O) groups excluding carboxylic acids is 1. The molecule has 0 spiro atoms. The van der Waals surface area contributed by atoms with Gasteiger partial charge in [0.15, 0.2) is 6.29 Å². The normalized spacial score (nSPS) is 22.6. The first-order chi connectivity index (χ1) is 24.3. The molecule has 0 aromatic rings. The molecule has 1 saturated heterocycles. The largest absolute Gasteiger partial charge is 0.394 e. The van der Waals surface area contributed by atoms with Crippen LogP contribution in [0.2, 0.25) is 0 Å². The summed E-state index contributed by atoms with van der Waals surface area (Å²) in [5, 5.41) is 53.8. The Morgan fingerprint density at radius 2 is 1.14 bits per heavy atom. The highest BCUT2D eigenvalue weighted by molar-refractivity contribution is 5.76. The van der Waals surface area contributed by atoms with Crippen LogP contribution in [0.25, 0.3) is 0 Å². The molecule has 0 aromatic carbocycles. The van der Waals surface area contributed by atoms with Crippen molar-refractivity contribution in [1.82, 2.24) is 5.32 Å². The zero-order valence-corrected chi connectivity index (χ0v) is 31.6. The second-order valence-corrected chi connectivity index (χ2v) is 14.1. The van der Waals surface area contributed by atoms with Crippen LogP contribution < -0.4 is 5.32 Å². The molecule has 1 amide bonds. The summed E-state index contributed by atoms with van der Waals surface area (Å²) >= 11 is 0. The minimum absolute atomic E-state index is 0.200. The lowest BCUT2D eigenvalue weighted by molar-refractivity contribution is -0.302. The van der Waals surface area contributed by atoms with Crippen LogP contribution in [0.1, 0.15) is 162 Å². The van der Waals surface area contributed by atoms with Crippen LogP contribution in [-0.4, -0.2) is 87.5 Å². The molecule has 9 nitrogen and oxygen atoms in total. The van der Waals surface area contributed by atoms with Crippen LogP contribution in [0.4, 0.5) is 0 Å². The summed E-state index contributed by atoms with van der Waals surface area (Å²) in [5.41, 5.74) is 0. The lowest BCUT2D eigenvalue weighted by atomic mass is 9.99. The Morgan fingerprint density at radius 1 is 0.660 bits per heavy atom. The van der Waals surface area contributed by atoms with Crippen molar-refractivity contribution in [3.63, 3.8) is 0 Å². The van der Waals surface area contributed by atoms with Gasteiger partial charge in [0.1, 0.15) is 24.4 Å². The third-order valence-electron chi connectivity index (χ3n) is 9.44. The molecular weight excluding hydrogens is 634 g/mol. The van der Waals surface area contributed by atoms with Crippen LogP contribution in [-0.2, 0) is 14.3 Å². The maximum absolute atomic E-state index is 12.9. The van der Waals surface area contributed by atoms with E-state index in [9.17, 15) is 30.3 Å². The average Bonchev–Trinajstić information content (AvgIpc) is 3.11. The van der Waals surface area contributed by atoms with Crippen molar-refractivity contribution < 1.29 is 39.8 Å². The number of hydrogen-bond donors (Lipinski definition) is 6. The van der Waals surface area contributed by atoms with E-state index in [-0.39, 0.29) is 12.5 Å². The first-order valence-corrected chi connectivity index (χ1v) is 20.2. The molecule has 7 atom stereocenters. The van der Waals surface area contributed by atoms with Crippen LogP contribution in [0.3, 0.4) is 0 Å². The minimum Gasteiger partial charge on any atom is -0.394 e. The van der Waals surface area contributed by atoms with Gasteiger partial charge in [-0.1, -0.05) is 134 Å². The maximum Gasteiger partial charge on any atom is 0.220 e. The molecule has 1 rings (SSSR count). The number of aliphatic hydroxyl groups is 5. The number of allylic oxidation sites excluding steroid dienone is 5. The van der Waals surface area contributed by atoms with Crippen molar-refractivity contribution in [2.45, 2.75) is 204 Å². The van der Waals surface area contributed by atoms with E-state index in [0.29, 0.717) is 6.42 Å². The van der Waals surface area contributed by atoms with Gasteiger partial charge in [-0.05, 0) is 57.8 Å². The first kappa shape index (κ1) is 46.4. The topological polar surface area (TPSA) is 149 Å². The smallest absolute Gasteiger partial charge is 0.220 e. The van der Waals surface area contributed by atoms with E-state index in [2.05, 4.69) is 43.5 Å². The lowest BCUT2D eigenvalue weighted by Crippen LogP contribution is -2.60. The van der Waals surface area contributed by atoms with E-state index in [1.54, 1.807) is 6.08 Å². The number of hydrogen-bond acceptors (Lipinski definition) is 8. The Bertz CT molecular complexity index is 879. The van der Waals surface area contributed by atoms with E-state index < -0.39 is 49.5 Å². The third-order valence-corrected chi connectivity index (χ3v) is 9.44. The van der Waals surface area contributed by atoms with Gasteiger partial charge in [0.25, 0.3) is 0 Å². The second kappa shape index (κ2) is 32.1. The number of nitrogens with one attached hydrogen (secondary N) is 1. The molecule has 0 bridgehead atoms. The molecule has 0 aromatic heterocycles. The number of unbranched alkanes of at least 4 members (excludes halogenated alkanes) is 18. The van der Waals surface area contributed by atoms with E-state index >= 15 is 0 Å². The quantitative estimate of drug-likeness (QED) is 0.0314. The zero-order chi connectivity index (χ0) is 36.7. The number of aliphatic hydroxyl groups excluding tert-OH is 5. The molecule has 7 unspecified atom stereocenters. The fourth-order valence-corrected chi connectivity index (χ4v) is 6.10. The molecular formula is C41H75NO8. The van der Waals surface area contributed by atoms with Crippen LogP contribution in [0.15, 0.2) is 36.5 Å². The Kier molecular flexibility index (Phi) is 29.8. The zero-order valence-electron chi connectivity index (χ0n) is 31.6. The Labute approximate surface area is 304 Å². The molecule has 0 aliphatic carbocycles. The number of amides is 1. The summed E-state index contributed by atoms with van der Waals surface area (Å²) in [6, 6.07) is -0.821. The summed E-state index contributed by atoms with van der Waals surface area (Å²) in [5.74, 6) is -0.200. The lowest BCUT2D eigenvalue weighted by Gasteiger charge is -2.40. The van der Waals surface area contributed by atoms with Crippen molar-refractivity contribution in [3.8, 4) is 0 Å². The fourth-order valence-electron chi connectivity index (χ4n) is 6.10. The van der Waals surface area contributed by atoms with Crippen LogP contribution >= 0.6 is 0 Å². The molecule has 1 fully saturated rings. The molecule has 50 heavy (non-hydrogen) atoms. The van der Waals surface area contributed by atoms with Gasteiger partial charge in [0.2, 0.25) is 5.91 Å². The van der Waals surface area contributed by atoms with Crippen molar-refractivity contribution in [3.05, 3.63) is 36.5 Å². The predicted octanol–water partition coefficient (Wildman–Crippen LogP) is 7.33. The average molecular weight is 710 g/mol. The highest BCUT2D eigenvalue weighted by Crippen LogP contribution is 2.22. The van der Waals surface area contributed by atoms with Gasteiger partial charge in [-0.3, -0.25) is 4.79 Å². The van der Waals surface area contributed by atoms with Gasteiger partial charge < -0.3 is 40.3 Å². The SMILES string of the molecule is CCCCC/C=C/CC/C=C/C(O)C(COC1OC(CO)C(O)C(O)C1O)NC(=O)CCCCCCC/C=C\CCCCCCCCCCC. The van der Waals surface area contributed by atoms with Crippen LogP contribution in [0.5, 0.6) is 0 Å². The van der Waals surface area contributed by atoms with Crippen LogP contribution in [0, 0.1) is 0 Å². The highest BCUT2D eigenvalue weighted by Gasteiger charge is 2.44. The van der Waals surface area contributed by atoms with Crippen molar-refractivity contribution in [1.29, 1.82) is 0 Å². The monoisotopic (exact) mass is 710 g/mol. The highest BCUT2D eigenvalue weighted by atomic mass is 16.7. The van der Waals surface area contributed by atoms with Gasteiger partial charge in [0.05, 0.1) is 25.4 Å². The van der Waals surface area contributed by atoms with E-state index in [1.807, 2.05) is 6.08 Å². The summed E-state index contributed by atoms with van der Waals surface area (Å²) in [6.45, 7) is 3.67. The third kappa shape index (κ3) is 23.1. The summed E-state index contributed by atoms with van der Waals surface area (Å²) < 4.78 is 11.1. The van der Waals surface area contributed by atoms with Crippen molar-refractivity contribution in [2.75, 3.05) is 13.2 Å². The number of ether oxygens (including phenoxy) is 2. The molecule has 1 aliphatic heterocycles. The van der Waals surface area contributed by atoms with Gasteiger partial charge in [-0.2, -0.15) is 0 Å². The first-order valence-electron chi connectivity index (χ1n) is 20.2. The molecule has 292 valence electrons. The minimum atomic E-state index is -1.57. The number of rotatable bonds is 32. The second-order valence-electron chi connectivity index (χ2n) is 14.1. The van der Waals surface area contributed by atoms with Gasteiger partial charge in [0, 0.05) is 6.42 Å². The Morgan fingerprint density at radius 3 is 1.72 bits per heavy atom. The van der Waals surface area contributed by atoms with Crippen molar-refractivity contribution in [2.24, 2.45) is 0 Å². The number of carbonyl (C=O) groups is 1. The molecule has 1 aliphatic rings. The van der Waals surface area contributed by atoms with E-state index in [0.717, 1.165) is 57.8 Å². The standard InChI is InChI=1S/C41H75NO8/c1-3-5-7-9-11-13-14-15-16-17-18-19-20-21-23-25-27-29-31-37(45)42-34(35(44)30-28-26-24-22-12-10-8-6-4-2)33-49-41-40(48)39(47)38(46)36(32-43)50-41/h12,18-19,22,28,30,34-36,38-41,43-44,46-48H,3-11,13-17,20-21,23-27,29,31-33H2,1-2H3,(H,42,45)/b19-18-,22-12+,30-28+. The van der Waals surface area contributed by atoms with Gasteiger partial charge in [-0.15, -0.1) is 0 Å². The Hall–Kier alpha value is -1.59. The summed E-state index contributed by atoms with van der Waals surface area (Å²) in [6.07, 6.45) is 30.6. The maximum atomic E-state index is 12.9. The van der Waals surface area contributed by atoms with Gasteiger partial charge >= 0.3 is 0 Å². The summed E-state index contributed by atoms with van der Waals surface area (Å²) in [4.78, 5) is 12.9. The van der Waals surface area contributed by atoms with Gasteiger partial charge in [-0.25, -0.2) is 0 Å². The molecule has 0 radical (unpaired) electrons. The molecule has 9 heteroatoms. The molecule has 6 N–H and O–H groups in total. The molecule has 1 heterocycles. The summed E-state index contributed by atoms with van der Waals surface area (Å²) in [7, 11) is 0.